The van der Waals surface area contributed by atoms with E-state index in [2.05, 4.69) is 26.3 Å². The first-order valence-corrected chi connectivity index (χ1v) is 7.21. The van der Waals surface area contributed by atoms with Crippen LogP contribution >= 0.6 is 15.9 Å². The highest BCUT2D eigenvalue weighted by atomic mass is 79.9. The normalized spacial score (nSPS) is 12.0. The number of anilines is 1. The van der Waals surface area contributed by atoms with Gasteiger partial charge >= 0.3 is 6.18 Å². The van der Waals surface area contributed by atoms with E-state index in [1.807, 2.05) is 26.1 Å². The Hall–Kier alpha value is -1.50. The van der Waals surface area contributed by atoms with E-state index < -0.39 is 11.7 Å². The SMILES string of the molecule is CC(C)n1ccc(CNc2cc(C(F)(F)F)ccc2Br)n1. The summed E-state index contributed by atoms with van der Waals surface area (Å²) in [5.74, 6) is 0. The maximum Gasteiger partial charge on any atom is 0.416 e. The average molecular weight is 362 g/mol. The molecule has 0 atom stereocenters. The zero-order valence-corrected chi connectivity index (χ0v) is 13.2. The Morgan fingerprint density at radius 1 is 1.29 bits per heavy atom. The third-order valence-corrected chi connectivity index (χ3v) is 3.64. The zero-order valence-electron chi connectivity index (χ0n) is 11.6. The standard InChI is InChI=1S/C14H15BrF3N3/c1-9(2)21-6-5-11(20-21)8-19-13-7-10(14(16,17)18)3-4-12(13)15/h3-7,9,19H,8H2,1-2H3. The fourth-order valence-electron chi connectivity index (χ4n) is 1.78. The molecule has 1 N–H and O–H groups in total. The summed E-state index contributed by atoms with van der Waals surface area (Å²) in [6.07, 6.45) is -2.50. The molecule has 0 unspecified atom stereocenters. The van der Waals surface area contributed by atoms with Crippen LogP contribution in [0.4, 0.5) is 18.9 Å². The largest absolute Gasteiger partial charge is 0.416 e. The van der Waals surface area contributed by atoms with Gasteiger partial charge in [0.1, 0.15) is 0 Å². The summed E-state index contributed by atoms with van der Waals surface area (Å²) < 4.78 is 40.5. The molecule has 114 valence electrons. The lowest BCUT2D eigenvalue weighted by Crippen LogP contribution is -2.08. The third-order valence-electron chi connectivity index (χ3n) is 2.95. The number of nitrogens with zero attached hydrogens (tertiary/aromatic N) is 2. The minimum atomic E-state index is -4.35. The van der Waals surface area contributed by atoms with Gasteiger partial charge in [0.05, 0.1) is 17.8 Å². The Balaban J connectivity index is 2.12. The second-order valence-corrected chi connectivity index (χ2v) is 5.78. The summed E-state index contributed by atoms with van der Waals surface area (Å²) in [6, 6.07) is 5.61. The van der Waals surface area contributed by atoms with E-state index in [4.69, 9.17) is 0 Å². The van der Waals surface area contributed by atoms with Crippen molar-refractivity contribution in [3.63, 3.8) is 0 Å². The molecule has 2 aromatic rings. The lowest BCUT2D eigenvalue weighted by Gasteiger charge is -2.12. The summed E-state index contributed by atoms with van der Waals surface area (Å²) in [7, 11) is 0. The molecule has 1 heterocycles. The molecule has 0 amide bonds. The van der Waals surface area contributed by atoms with Gasteiger partial charge in [0, 0.05) is 22.4 Å². The first-order chi connectivity index (χ1) is 9.77. The van der Waals surface area contributed by atoms with E-state index >= 15 is 0 Å². The molecule has 2 rings (SSSR count). The van der Waals surface area contributed by atoms with Crippen molar-refractivity contribution in [2.24, 2.45) is 0 Å². The average Bonchev–Trinajstić information content (AvgIpc) is 2.85. The molecule has 0 aliphatic rings. The van der Waals surface area contributed by atoms with Crippen LogP contribution < -0.4 is 5.32 Å². The van der Waals surface area contributed by atoms with Crippen LogP contribution in [0.15, 0.2) is 34.9 Å². The van der Waals surface area contributed by atoms with Gasteiger partial charge in [-0.1, -0.05) is 0 Å². The molecule has 0 fully saturated rings. The molecule has 1 aromatic heterocycles. The summed E-state index contributed by atoms with van der Waals surface area (Å²) in [4.78, 5) is 0. The molecule has 0 spiro atoms. The van der Waals surface area contributed by atoms with E-state index in [9.17, 15) is 13.2 Å². The molecule has 3 nitrogen and oxygen atoms in total. The zero-order chi connectivity index (χ0) is 15.6. The minimum Gasteiger partial charge on any atom is -0.378 e. The molecule has 21 heavy (non-hydrogen) atoms. The number of hydrogen-bond acceptors (Lipinski definition) is 2. The number of hydrogen-bond donors (Lipinski definition) is 1. The first-order valence-electron chi connectivity index (χ1n) is 6.42. The number of nitrogens with one attached hydrogen (secondary N) is 1. The number of aromatic nitrogens is 2. The topological polar surface area (TPSA) is 29.9 Å². The second-order valence-electron chi connectivity index (χ2n) is 4.93. The van der Waals surface area contributed by atoms with Crippen LogP contribution in [0, 0.1) is 0 Å². The molecule has 0 saturated carbocycles. The minimum absolute atomic E-state index is 0.249. The fraction of sp³-hybridized carbons (Fsp3) is 0.357. The molecule has 0 aliphatic heterocycles. The maximum atomic E-state index is 12.7. The fourth-order valence-corrected chi connectivity index (χ4v) is 2.17. The smallest absolute Gasteiger partial charge is 0.378 e. The second kappa shape index (κ2) is 6.09. The van der Waals surface area contributed by atoms with Crippen molar-refractivity contribution < 1.29 is 13.2 Å². The first kappa shape index (κ1) is 15.9. The van der Waals surface area contributed by atoms with Crippen molar-refractivity contribution in [2.45, 2.75) is 32.6 Å². The van der Waals surface area contributed by atoms with Crippen molar-refractivity contribution in [2.75, 3.05) is 5.32 Å². The van der Waals surface area contributed by atoms with Crippen molar-refractivity contribution in [3.8, 4) is 0 Å². The number of halogens is 4. The van der Waals surface area contributed by atoms with Crippen molar-refractivity contribution >= 4 is 21.6 Å². The van der Waals surface area contributed by atoms with E-state index in [1.165, 1.54) is 6.07 Å². The molecular weight excluding hydrogens is 347 g/mol. The van der Waals surface area contributed by atoms with E-state index in [0.717, 1.165) is 17.8 Å². The summed E-state index contributed by atoms with van der Waals surface area (Å²) >= 11 is 3.24. The van der Waals surface area contributed by atoms with Gasteiger partial charge in [-0.3, -0.25) is 4.68 Å². The molecule has 7 heteroatoms. The van der Waals surface area contributed by atoms with Gasteiger partial charge < -0.3 is 5.32 Å². The summed E-state index contributed by atoms with van der Waals surface area (Å²) in [6.45, 7) is 4.38. The predicted octanol–water partition coefficient (Wildman–Crippen LogP) is 4.86. The molecule has 0 radical (unpaired) electrons. The number of alkyl halides is 3. The van der Waals surface area contributed by atoms with Crippen molar-refractivity contribution in [1.82, 2.24) is 9.78 Å². The van der Waals surface area contributed by atoms with Crippen molar-refractivity contribution in [1.29, 1.82) is 0 Å². The lowest BCUT2D eigenvalue weighted by molar-refractivity contribution is -0.137. The molecule has 0 saturated heterocycles. The Kier molecular flexibility index (Phi) is 4.61. The van der Waals surface area contributed by atoms with Crippen LogP contribution in [-0.4, -0.2) is 9.78 Å². The molecular formula is C14H15BrF3N3. The Labute approximate surface area is 129 Å². The van der Waals surface area contributed by atoms with Gasteiger partial charge in [0.15, 0.2) is 0 Å². The van der Waals surface area contributed by atoms with Crippen molar-refractivity contribution in [3.05, 3.63) is 46.2 Å². The summed E-state index contributed by atoms with van der Waals surface area (Å²) in [5.41, 5.74) is 0.484. The van der Waals surface area contributed by atoms with Crippen LogP contribution in [0.2, 0.25) is 0 Å². The Morgan fingerprint density at radius 3 is 2.57 bits per heavy atom. The maximum absolute atomic E-state index is 12.7. The van der Waals surface area contributed by atoms with Crippen LogP contribution in [0.5, 0.6) is 0 Å². The third kappa shape index (κ3) is 4.00. The Morgan fingerprint density at radius 2 is 2.00 bits per heavy atom. The highest BCUT2D eigenvalue weighted by Crippen LogP contribution is 2.34. The van der Waals surface area contributed by atoms with E-state index in [0.29, 0.717) is 16.7 Å². The van der Waals surface area contributed by atoms with Gasteiger partial charge in [-0.2, -0.15) is 18.3 Å². The molecule has 1 aromatic carbocycles. The number of benzene rings is 1. The van der Waals surface area contributed by atoms with Crippen LogP contribution in [0.3, 0.4) is 0 Å². The predicted molar refractivity (Wildman–Crippen MR) is 79.1 cm³/mol. The summed E-state index contributed by atoms with van der Waals surface area (Å²) in [5, 5.41) is 7.31. The van der Waals surface area contributed by atoms with Gasteiger partial charge in [-0.25, -0.2) is 0 Å². The van der Waals surface area contributed by atoms with Crippen LogP contribution in [0.25, 0.3) is 0 Å². The Bertz CT molecular complexity index is 620. The monoisotopic (exact) mass is 361 g/mol. The quantitative estimate of drug-likeness (QED) is 0.842. The molecule has 0 bridgehead atoms. The van der Waals surface area contributed by atoms with Gasteiger partial charge in [-0.05, 0) is 54.0 Å². The molecule has 0 aliphatic carbocycles. The highest BCUT2D eigenvalue weighted by molar-refractivity contribution is 9.10. The highest BCUT2D eigenvalue weighted by Gasteiger charge is 2.30. The number of rotatable bonds is 4. The van der Waals surface area contributed by atoms with Gasteiger partial charge in [0.2, 0.25) is 0 Å². The van der Waals surface area contributed by atoms with Crippen LogP contribution in [-0.2, 0) is 12.7 Å². The van der Waals surface area contributed by atoms with E-state index in [-0.39, 0.29) is 6.04 Å². The van der Waals surface area contributed by atoms with E-state index in [1.54, 1.807) is 4.68 Å². The van der Waals surface area contributed by atoms with Gasteiger partial charge in [-0.15, -0.1) is 0 Å². The lowest BCUT2D eigenvalue weighted by atomic mass is 10.2. The van der Waals surface area contributed by atoms with Crippen LogP contribution in [0.1, 0.15) is 31.1 Å². The van der Waals surface area contributed by atoms with Gasteiger partial charge in [0.25, 0.3) is 0 Å².